The van der Waals surface area contributed by atoms with E-state index in [1.165, 1.54) is 5.56 Å². The molecule has 0 aliphatic heterocycles. The monoisotopic (exact) mass is 471 g/mol. The lowest BCUT2D eigenvalue weighted by Crippen LogP contribution is -2.77. The Labute approximate surface area is 192 Å². The third kappa shape index (κ3) is 7.04. The number of hydrogen-bond acceptors (Lipinski definition) is 7. The van der Waals surface area contributed by atoms with E-state index in [2.05, 4.69) is 24.0 Å². The van der Waals surface area contributed by atoms with Gasteiger partial charge in [0.2, 0.25) is 5.36 Å². The Kier molecular flexibility index (Phi) is 7.70. The number of methoxy groups -OCH3 is 1. The molecule has 0 aliphatic carbocycles. The fourth-order valence-corrected chi connectivity index (χ4v) is 3.25. The number of fused-ring (bicyclic) bond motifs is 1. The van der Waals surface area contributed by atoms with E-state index in [0.717, 1.165) is 27.8 Å². The average Bonchev–Trinajstić information content (AvgIpc) is 2.79. The van der Waals surface area contributed by atoms with Gasteiger partial charge in [-0.05, 0) is 42.5 Å². The molecule has 33 heavy (non-hydrogen) atoms. The van der Waals surface area contributed by atoms with E-state index in [0.29, 0.717) is 5.58 Å². The van der Waals surface area contributed by atoms with Gasteiger partial charge in [0.25, 0.3) is 0 Å². The van der Waals surface area contributed by atoms with E-state index < -0.39 is 10.2 Å². The molecule has 8 nitrogen and oxygen atoms in total. The van der Waals surface area contributed by atoms with Crippen LogP contribution in [0.15, 0.2) is 83.3 Å². The molecule has 0 spiro atoms. The third-order valence-electron chi connectivity index (χ3n) is 4.79. The zero-order valence-corrected chi connectivity index (χ0v) is 18.6. The Balaban J connectivity index is 0.000000555. The molecule has 0 aliphatic rings. The highest BCUT2D eigenvalue weighted by atomic mass is 35.7. The van der Waals surface area contributed by atoms with Crippen LogP contribution in [0.3, 0.4) is 0 Å². The molecule has 4 aromatic rings. The van der Waals surface area contributed by atoms with Gasteiger partial charge in [-0.3, -0.25) is 0 Å². The highest BCUT2D eigenvalue weighted by Crippen LogP contribution is 2.25. The minimum atomic E-state index is -4.94. The summed E-state index contributed by atoms with van der Waals surface area (Å²) < 4.78 is 45.3. The van der Waals surface area contributed by atoms with E-state index in [1.807, 2.05) is 48.5 Å². The Bertz CT molecular complexity index is 1260. The molecular weight excluding hydrogens is 450 g/mol. The van der Waals surface area contributed by atoms with E-state index in [-0.39, 0.29) is 11.8 Å². The fourth-order valence-electron chi connectivity index (χ4n) is 3.25. The first-order chi connectivity index (χ1) is 15.6. The zero-order valence-electron chi connectivity index (χ0n) is 17.9. The van der Waals surface area contributed by atoms with Crippen molar-refractivity contribution in [2.24, 2.45) is 0 Å². The summed E-state index contributed by atoms with van der Waals surface area (Å²) in [6.07, 6.45) is 0. The first-order valence-corrected chi connectivity index (χ1v) is 11.0. The number of benzene rings is 3. The van der Waals surface area contributed by atoms with Crippen LogP contribution in [0.1, 0.15) is 18.5 Å². The number of nitrogens with one attached hydrogen (secondary N) is 1. The zero-order chi connectivity index (χ0) is 24.0. The first-order valence-electron chi connectivity index (χ1n) is 9.81. The van der Waals surface area contributed by atoms with E-state index in [4.69, 9.17) is 27.8 Å². The Hall–Kier alpha value is -3.40. The topological polar surface area (TPSA) is 149 Å². The molecule has 3 aromatic carbocycles. The van der Waals surface area contributed by atoms with Crippen LogP contribution in [0.2, 0.25) is 0 Å². The van der Waals surface area contributed by atoms with Gasteiger partial charge in [-0.15, -0.1) is 10.2 Å². The highest BCUT2D eigenvalue weighted by Gasteiger charge is 2.13. The first kappa shape index (κ1) is 24.2. The summed E-state index contributed by atoms with van der Waals surface area (Å²) >= 11 is 0. The molecule has 0 bridgehead atoms. The predicted molar refractivity (Wildman–Crippen MR) is 109 cm³/mol. The lowest BCUT2D eigenvalue weighted by Gasteiger charge is -2.17. The van der Waals surface area contributed by atoms with Gasteiger partial charge in [-0.25, -0.2) is 23.6 Å². The van der Waals surface area contributed by atoms with Gasteiger partial charge >= 0.3 is 0 Å². The van der Waals surface area contributed by atoms with Crippen LogP contribution in [0.5, 0.6) is 11.5 Å². The number of phenolic OH excluding ortho intramolecular Hbond substituents is 1. The van der Waals surface area contributed by atoms with Crippen LogP contribution in [0.25, 0.3) is 22.3 Å². The quantitative estimate of drug-likeness (QED) is 0.379. The molecule has 0 amide bonds. The van der Waals surface area contributed by atoms with Crippen molar-refractivity contribution in [1.82, 2.24) is 0 Å². The van der Waals surface area contributed by atoms with Gasteiger partial charge in [0, 0.05) is 18.1 Å². The van der Waals surface area contributed by atoms with Gasteiger partial charge in [0.05, 0.1) is 18.6 Å². The van der Waals surface area contributed by atoms with Gasteiger partial charge in [-0.2, -0.15) is 0 Å². The van der Waals surface area contributed by atoms with Gasteiger partial charge in [-0.1, -0.05) is 30.3 Å². The lowest BCUT2D eigenvalue weighted by atomic mass is 10.1. The molecule has 0 saturated carbocycles. The van der Waals surface area contributed by atoms with Crippen LogP contribution >= 0.6 is 0 Å². The SMILES string of the molecule is COc1ccc(-c2cc(=[NH+]C(C)c3ccccc3)c3cc(O)ccc3o2)cc1.[O-][Cl+3]([O-])([O-])[O-]. The molecule has 0 fully saturated rings. The molecular formula is C24H22ClNO7. The number of hydrogen-bond donors (Lipinski definition) is 2. The highest BCUT2D eigenvalue weighted by molar-refractivity contribution is 5.79. The predicted octanol–water partition coefficient (Wildman–Crippen LogP) is -1.20. The van der Waals surface area contributed by atoms with E-state index in [9.17, 15) is 5.11 Å². The van der Waals surface area contributed by atoms with Crippen molar-refractivity contribution in [3.8, 4) is 22.8 Å². The number of rotatable bonds is 4. The molecule has 9 heteroatoms. The maximum atomic E-state index is 9.97. The number of aromatic hydroxyl groups is 1. The average molecular weight is 472 g/mol. The Morgan fingerprint density at radius 3 is 2.15 bits per heavy atom. The van der Waals surface area contributed by atoms with Crippen LogP contribution in [-0.2, 0) is 0 Å². The third-order valence-corrected chi connectivity index (χ3v) is 4.79. The Morgan fingerprint density at radius 1 is 0.909 bits per heavy atom. The summed E-state index contributed by atoms with van der Waals surface area (Å²) in [5.74, 6) is 1.74. The smallest absolute Gasteiger partial charge is 0.213 e. The Morgan fingerprint density at radius 2 is 1.55 bits per heavy atom. The summed E-state index contributed by atoms with van der Waals surface area (Å²) in [5.41, 5.74) is 2.84. The van der Waals surface area contributed by atoms with Crippen molar-refractivity contribution < 1.29 is 48.1 Å². The van der Waals surface area contributed by atoms with Crippen LogP contribution in [-0.4, -0.2) is 12.2 Å². The molecule has 2 N–H and O–H groups in total. The summed E-state index contributed by atoms with van der Waals surface area (Å²) in [5, 5.41) is 11.7. The largest absolute Gasteiger partial charge is 0.508 e. The molecule has 172 valence electrons. The maximum Gasteiger partial charge on any atom is 0.213 e. The van der Waals surface area contributed by atoms with Crippen molar-refractivity contribution in [2.75, 3.05) is 7.11 Å². The second-order valence-electron chi connectivity index (χ2n) is 7.09. The molecule has 1 aromatic heterocycles. The maximum absolute atomic E-state index is 9.97. The molecule has 1 unspecified atom stereocenters. The molecule has 0 radical (unpaired) electrons. The second-order valence-corrected chi connectivity index (χ2v) is 7.84. The normalized spacial score (nSPS) is 12.7. The van der Waals surface area contributed by atoms with Crippen molar-refractivity contribution in [1.29, 1.82) is 0 Å². The van der Waals surface area contributed by atoms with Crippen LogP contribution in [0.4, 0.5) is 0 Å². The van der Waals surface area contributed by atoms with Crippen molar-refractivity contribution in [2.45, 2.75) is 13.0 Å². The minimum Gasteiger partial charge on any atom is -0.508 e. The number of phenols is 1. The van der Waals surface area contributed by atoms with E-state index >= 15 is 0 Å². The summed E-state index contributed by atoms with van der Waals surface area (Å²) in [6, 6.07) is 25.2. The van der Waals surface area contributed by atoms with Gasteiger partial charge in [0.1, 0.15) is 22.8 Å². The fraction of sp³-hybridized carbons (Fsp3) is 0.125. The standard InChI is InChI=1S/C24H21NO3.ClHO4/c1-16(17-6-4-3-5-7-17)25-22-15-24(18-8-11-20(27-2)12-9-18)28-23-13-10-19(26)14-21(22)23;2-1(3,4)5/h3-16,26H,1-2H3;(H,2,3,4,5). The van der Waals surface area contributed by atoms with Crippen LogP contribution in [0, 0.1) is 10.2 Å². The molecule has 1 heterocycles. The molecule has 0 saturated heterocycles. The number of halogens is 1. The summed E-state index contributed by atoms with van der Waals surface area (Å²) in [7, 11) is -3.30. The van der Waals surface area contributed by atoms with Gasteiger partial charge in [0.15, 0.2) is 6.04 Å². The second kappa shape index (κ2) is 10.5. The van der Waals surface area contributed by atoms with Crippen molar-refractivity contribution in [3.63, 3.8) is 0 Å². The molecule has 1 atom stereocenters. The molecule has 4 rings (SSSR count). The van der Waals surface area contributed by atoms with Crippen molar-refractivity contribution in [3.05, 3.63) is 89.8 Å². The van der Waals surface area contributed by atoms with Crippen molar-refractivity contribution >= 4 is 11.0 Å². The summed E-state index contributed by atoms with van der Waals surface area (Å²) in [4.78, 5) is 3.57. The number of ether oxygens (including phenoxy) is 1. The lowest BCUT2D eigenvalue weighted by molar-refractivity contribution is -2.00. The van der Waals surface area contributed by atoms with Gasteiger partial charge < -0.3 is 14.3 Å². The minimum absolute atomic E-state index is 0.0952. The van der Waals surface area contributed by atoms with Crippen LogP contribution < -0.4 is 33.7 Å². The summed E-state index contributed by atoms with van der Waals surface area (Å²) in [6.45, 7) is 2.11. The van der Waals surface area contributed by atoms with E-state index in [1.54, 1.807) is 25.3 Å².